The van der Waals surface area contributed by atoms with Gasteiger partial charge in [0.05, 0.1) is 20.6 Å². The number of amides is 1. The van der Waals surface area contributed by atoms with Gasteiger partial charge in [-0.3, -0.25) is 4.79 Å². The quantitative estimate of drug-likeness (QED) is 0.456. The largest absolute Gasteiger partial charge is 0.457 e. The van der Waals surface area contributed by atoms with Crippen LogP contribution in [0.3, 0.4) is 0 Å². The number of benzene rings is 2. The third kappa shape index (κ3) is 4.42. The molecule has 0 radical (unpaired) electrons. The molecule has 0 bridgehead atoms. The number of nitrogens with one attached hydrogen (secondary N) is 1. The van der Waals surface area contributed by atoms with Gasteiger partial charge in [-0.05, 0) is 60.1 Å². The average molecular weight is 443 g/mol. The Balaban J connectivity index is 1.54. The molecule has 0 atom stereocenters. The summed E-state index contributed by atoms with van der Waals surface area (Å²) in [5.74, 6) is 0.914. The van der Waals surface area contributed by atoms with Crippen molar-refractivity contribution >= 4 is 57.8 Å². The van der Waals surface area contributed by atoms with Gasteiger partial charge < -0.3 is 9.73 Å². The molecule has 2 aromatic carbocycles. The standard InChI is InChI=1S/C22H16Cl2N2O2S/c1-2-13-6-8-14(9-7-13)25-22-26-21(27)19(29-22)12-15-10-11-18(28-15)16-4-3-5-17(23)20(16)24/h3-12H,2H2,1H3,(H,25,26,27)/b19-12+. The highest BCUT2D eigenvalue weighted by molar-refractivity contribution is 8.18. The molecule has 0 spiro atoms. The Kier molecular flexibility index (Phi) is 5.81. The van der Waals surface area contributed by atoms with Gasteiger partial charge in [-0.15, -0.1) is 0 Å². The molecule has 0 saturated carbocycles. The van der Waals surface area contributed by atoms with Crippen LogP contribution in [0.5, 0.6) is 0 Å². The minimum absolute atomic E-state index is 0.210. The summed E-state index contributed by atoms with van der Waals surface area (Å²) in [7, 11) is 0. The van der Waals surface area contributed by atoms with E-state index in [0.717, 1.165) is 12.1 Å². The summed E-state index contributed by atoms with van der Waals surface area (Å²) in [6.07, 6.45) is 2.66. The summed E-state index contributed by atoms with van der Waals surface area (Å²) in [5, 5.41) is 4.21. The summed E-state index contributed by atoms with van der Waals surface area (Å²) in [5.41, 5.74) is 2.73. The molecule has 146 valence electrons. The molecule has 29 heavy (non-hydrogen) atoms. The second-order valence-electron chi connectivity index (χ2n) is 6.31. The molecule has 0 unspecified atom stereocenters. The van der Waals surface area contributed by atoms with E-state index >= 15 is 0 Å². The monoisotopic (exact) mass is 442 g/mol. The van der Waals surface area contributed by atoms with E-state index < -0.39 is 0 Å². The van der Waals surface area contributed by atoms with Crippen LogP contribution in [0, 0.1) is 0 Å². The molecule has 4 rings (SSSR count). The number of aryl methyl sites for hydroxylation is 1. The lowest BCUT2D eigenvalue weighted by molar-refractivity contribution is -0.115. The van der Waals surface area contributed by atoms with Crippen LogP contribution >= 0.6 is 35.0 Å². The van der Waals surface area contributed by atoms with Crippen molar-refractivity contribution < 1.29 is 9.21 Å². The van der Waals surface area contributed by atoms with E-state index in [9.17, 15) is 4.79 Å². The van der Waals surface area contributed by atoms with Crippen molar-refractivity contribution in [3.05, 3.63) is 80.9 Å². The van der Waals surface area contributed by atoms with Gasteiger partial charge in [-0.25, -0.2) is 4.99 Å². The fraction of sp³-hybridized carbons (Fsp3) is 0.0909. The van der Waals surface area contributed by atoms with Gasteiger partial charge in [0.2, 0.25) is 0 Å². The minimum Gasteiger partial charge on any atom is -0.457 e. The Hall–Kier alpha value is -2.47. The number of hydrogen-bond acceptors (Lipinski definition) is 4. The Morgan fingerprint density at radius 1 is 1.10 bits per heavy atom. The number of carbonyl (C=O) groups excluding carboxylic acids is 1. The maximum Gasteiger partial charge on any atom is 0.264 e. The Morgan fingerprint density at radius 2 is 1.90 bits per heavy atom. The maximum atomic E-state index is 12.3. The Bertz CT molecular complexity index is 1130. The average Bonchev–Trinajstić information content (AvgIpc) is 3.31. The molecule has 4 nitrogen and oxygen atoms in total. The summed E-state index contributed by atoms with van der Waals surface area (Å²) >= 11 is 13.6. The third-order valence-corrected chi connectivity index (χ3v) is 6.07. The van der Waals surface area contributed by atoms with Crippen LogP contribution in [0.2, 0.25) is 10.0 Å². The number of amidine groups is 1. The number of halogens is 2. The molecule has 3 aromatic rings. The SMILES string of the molecule is CCc1ccc(N=C2NC(=O)/C(=C\c3ccc(-c4cccc(Cl)c4Cl)o3)S2)cc1. The van der Waals surface area contributed by atoms with E-state index in [1.807, 2.05) is 30.3 Å². The first-order chi connectivity index (χ1) is 14.0. The van der Waals surface area contributed by atoms with E-state index in [1.54, 1.807) is 30.3 Å². The van der Waals surface area contributed by atoms with Crippen LogP contribution in [0.4, 0.5) is 5.69 Å². The molecule has 0 aliphatic carbocycles. The number of hydrogen-bond donors (Lipinski definition) is 1. The highest BCUT2D eigenvalue weighted by Gasteiger charge is 2.24. The van der Waals surface area contributed by atoms with Crippen molar-refractivity contribution in [2.75, 3.05) is 0 Å². The van der Waals surface area contributed by atoms with E-state index in [-0.39, 0.29) is 5.91 Å². The van der Waals surface area contributed by atoms with E-state index in [1.165, 1.54) is 17.3 Å². The van der Waals surface area contributed by atoms with Crippen molar-refractivity contribution in [1.82, 2.24) is 5.32 Å². The first kappa shape index (κ1) is 19.8. The first-order valence-corrected chi connectivity index (χ1v) is 10.5. The number of aliphatic imine (C=N–C) groups is 1. The summed E-state index contributed by atoms with van der Waals surface area (Å²) in [6.45, 7) is 2.10. The predicted molar refractivity (Wildman–Crippen MR) is 121 cm³/mol. The van der Waals surface area contributed by atoms with Crippen LogP contribution in [0.25, 0.3) is 17.4 Å². The van der Waals surface area contributed by atoms with Crippen LogP contribution < -0.4 is 5.32 Å². The molecule has 1 fully saturated rings. The number of furan rings is 1. The lowest BCUT2D eigenvalue weighted by Gasteiger charge is -2.01. The van der Waals surface area contributed by atoms with Gasteiger partial charge in [-0.1, -0.05) is 48.3 Å². The fourth-order valence-electron chi connectivity index (χ4n) is 2.80. The highest BCUT2D eigenvalue weighted by Crippen LogP contribution is 2.35. The van der Waals surface area contributed by atoms with Gasteiger partial charge in [0, 0.05) is 11.6 Å². The fourth-order valence-corrected chi connectivity index (χ4v) is 4.02. The molecule has 1 aromatic heterocycles. The van der Waals surface area contributed by atoms with Crippen LogP contribution in [0.1, 0.15) is 18.2 Å². The zero-order valence-electron chi connectivity index (χ0n) is 15.4. The molecular formula is C22H16Cl2N2O2S. The second-order valence-corrected chi connectivity index (χ2v) is 8.12. The zero-order chi connectivity index (χ0) is 20.4. The van der Waals surface area contributed by atoms with Gasteiger partial charge in [0.25, 0.3) is 5.91 Å². The van der Waals surface area contributed by atoms with Crippen molar-refractivity contribution in [3.63, 3.8) is 0 Å². The number of nitrogens with zero attached hydrogens (tertiary/aromatic N) is 1. The molecule has 7 heteroatoms. The molecule has 1 aliphatic heterocycles. The first-order valence-electron chi connectivity index (χ1n) is 8.96. The second kappa shape index (κ2) is 8.49. The van der Waals surface area contributed by atoms with Gasteiger partial charge in [0.15, 0.2) is 5.17 Å². The van der Waals surface area contributed by atoms with Crippen molar-refractivity contribution in [1.29, 1.82) is 0 Å². The van der Waals surface area contributed by atoms with Crippen molar-refractivity contribution in [2.24, 2.45) is 4.99 Å². The third-order valence-electron chi connectivity index (χ3n) is 4.34. The topological polar surface area (TPSA) is 54.6 Å². The van der Waals surface area contributed by atoms with Crippen molar-refractivity contribution in [2.45, 2.75) is 13.3 Å². The van der Waals surface area contributed by atoms with E-state index in [2.05, 4.69) is 17.2 Å². The number of thioether (sulfide) groups is 1. The Labute approximate surface area is 182 Å². The predicted octanol–water partition coefficient (Wildman–Crippen LogP) is 6.71. The Morgan fingerprint density at radius 3 is 2.66 bits per heavy atom. The summed E-state index contributed by atoms with van der Waals surface area (Å²) < 4.78 is 5.84. The van der Waals surface area contributed by atoms with Gasteiger partial charge in [0.1, 0.15) is 11.5 Å². The normalized spacial score (nSPS) is 16.6. The van der Waals surface area contributed by atoms with Gasteiger partial charge in [-0.2, -0.15) is 0 Å². The molecular weight excluding hydrogens is 427 g/mol. The minimum atomic E-state index is -0.210. The summed E-state index contributed by atoms with van der Waals surface area (Å²) in [6, 6.07) is 16.9. The molecule has 1 amide bonds. The smallest absolute Gasteiger partial charge is 0.264 e. The highest BCUT2D eigenvalue weighted by atomic mass is 35.5. The van der Waals surface area contributed by atoms with Gasteiger partial charge >= 0.3 is 0 Å². The van der Waals surface area contributed by atoms with E-state index in [0.29, 0.717) is 37.2 Å². The van der Waals surface area contributed by atoms with Crippen LogP contribution in [-0.4, -0.2) is 11.1 Å². The number of carbonyl (C=O) groups is 1. The lowest BCUT2D eigenvalue weighted by atomic mass is 10.2. The molecule has 1 saturated heterocycles. The van der Waals surface area contributed by atoms with Crippen LogP contribution in [0.15, 0.2) is 68.9 Å². The van der Waals surface area contributed by atoms with Crippen molar-refractivity contribution in [3.8, 4) is 11.3 Å². The summed E-state index contributed by atoms with van der Waals surface area (Å²) in [4.78, 5) is 17.3. The maximum absolute atomic E-state index is 12.3. The number of rotatable bonds is 4. The van der Waals surface area contributed by atoms with E-state index in [4.69, 9.17) is 27.6 Å². The lowest BCUT2D eigenvalue weighted by Crippen LogP contribution is -2.19. The molecule has 1 N–H and O–H groups in total. The molecule has 2 heterocycles. The zero-order valence-corrected chi connectivity index (χ0v) is 17.7. The molecule has 1 aliphatic rings. The van der Waals surface area contributed by atoms with Crippen LogP contribution in [-0.2, 0) is 11.2 Å².